The lowest BCUT2D eigenvalue weighted by Crippen LogP contribution is -2.38. The van der Waals surface area contributed by atoms with Gasteiger partial charge in [0.15, 0.2) is 0 Å². The van der Waals surface area contributed by atoms with Gasteiger partial charge in [-0.05, 0) is 17.7 Å². The number of hydrogen-bond donors (Lipinski definition) is 1. The molecule has 0 radical (unpaired) electrons. The molecular formula is C16H15NO4. The van der Waals surface area contributed by atoms with Crippen LogP contribution in [0.2, 0.25) is 0 Å². The van der Waals surface area contributed by atoms with Crippen LogP contribution in [0.25, 0.3) is 0 Å². The molecule has 2 aromatic carbocycles. The van der Waals surface area contributed by atoms with Gasteiger partial charge < -0.3 is 14.6 Å². The number of rotatable bonds is 2. The molecule has 0 aliphatic carbocycles. The Labute approximate surface area is 122 Å². The summed E-state index contributed by atoms with van der Waals surface area (Å²) in [5.74, 6) is 0.589. The van der Waals surface area contributed by atoms with E-state index < -0.39 is 6.09 Å². The van der Waals surface area contributed by atoms with E-state index in [2.05, 4.69) is 0 Å². The predicted molar refractivity (Wildman–Crippen MR) is 77.6 cm³/mol. The first-order chi connectivity index (χ1) is 10.2. The number of amides is 1. The number of phenols is 1. The van der Waals surface area contributed by atoms with Crippen molar-refractivity contribution in [3.05, 3.63) is 54.1 Å². The van der Waals surface area contributed by atoms with Crippen LogP contribution in [0.1, 0.15) is 5.56 Å². The van der Waals surface area contributed by atoms with Crippen molar-refractivity contribution in [1.29, 1.82) is 0 Å². The number of carbonyl (C=O) groups is 1. The van der Waals surface area contributed by atoms with Gasteiger partial charge in [-0.1, -0.05) is 30.3 Å². The second-order valence-corrected chi connectivity index (χ2v) is 4.69. The van der Waals surface area contributed by atoms with Crippen LogP contribution in [-0.4, -0.2) is 24.4 Å². The molecule has 1 heterocycles. The highest BCUT2D eigenvalue weighted by atomic mass is 16.6. The van der Waals surface area contributed by atoms with Gasteiger partial charge in [0.25, 0.3) is 0 Å². The normalized spacial score (nSPS) is 13.2. The molecule has 1 N–H and O–H groups in total. The minimum absolute atomic E-state index is 0.105. The fourth-order valence-corrected chi connectivity index (χ4v) is 2.20. The Balaban J connectivity index is 1.71. The van der Waals surface area contributed by atoms with Crippen molar-refractivity contribution in [2.75, 3.05) is 18.1 Å². The fourth-order valence-electron chi connectivity index (χ4n) is 2.20. The number of anilines is 1. The molecule has 0 saturated carbocycles. The Hall–Kier alpha value is -2.69. The van der Waals surface area contributed by atoms with Crippen LogP contribution in [0, 0.1) is 0 Å². The molecule has 1 amide bonds. The average Bonchev–Trinajstić information content (AvgIpc) is 2.52. The molecule has 3 rings (SSSR count). The van der Waals surface area contributed by atoms with Gasteiger partial charge in [0.2, 0.25) is 0 Å². The van der Waals surface area contributed by atoms with Crippen LogP contribution < -0.4 is 9.64 Å². The largest absolute Gasteiger partial charge is 0.508 e. The van der Waals surface area contributed by atoms with E-state index in [0.29, 0.717) is 24.6 Å². The van der Waals surface area contributed by atoms with E-state index in [-0.39, 0.29) is 12.4 Å². The highest BCUT2D eigenvalue weighted by molar-refractivity contribution is 5.90. The first-order valence-corrected chi connectivity index (χ1v) is 6.68. The molecule has 0 atom stereocenters. The summed E-state index contributed by atoms with van der Waals surface area (Å²) in [6.07, 6.45) is -0.422. The van der Waals surface area contributed by atoms with E-state index in [1.807, 2.05) is 30.3 Å². The van der Waals surface area contributed by atoms with Crippen molar-refractivity contribution in [3.63, 3.8) is 0 Å². The zero-order chi connectivity index (χ0) is 14.7. The van der Waals surface area contributed by atoms with Crippen molar-refractivity contribution in [2.24, 2.45) is 0 Å². The number of fused-ring (bicyclic) bond motifs is 1. The molecule has 5 nitrogen and oxygen atoms in total. The molecule has 0 aromatic heterocycles. The van der Waals surface area contributed by atoms with Gasteiger partial charge in [-0.3, -0.25) is 4.90 Å². The Morgan fingerprint density at radius 2 is 2.05 bits per heavy atom. The summed E-state index contributed by atoms with van der Waals surface area (Å²) in [5.41, 5.74) is 1.54. The van der Waals surface area contributed by atoms with E-state index >= 15 is 0 Å². The Morgan fingerprint density at radius 1 is 1.24 bits per heavy atom. The number of ether oxygens (including phenoxy) is 2. The Kier molecular flexibility index (Phi) is 3.64. The average molecular weight is 285 g/mol. The molecule has 0 saturated heterocycles. The van der Waals surface area contributed by atoms with Crippen LogP contribution in [0.4, 0.5) is 10.5 Å². The summed E-state index contributed by atoms with van der Waals surface area (Å²) in [7, 11) is 0. The maximum absolute atomic E-state index is 12.2. The predicted octanol–water partition coefficient (Wildman–Crippen LogP) is 2.93. The Bertz CT molecular complexity index is 642. The number of hydrogen-bond acceptors (Lipinski definition) is 4. The minimum Gasteiger partial charge on any atom is -0.508 e. The first-order valence-electron chi connectivity index (χ1n) is 6.68. The van der Waals surface area contributed by atoms with Gasteiger partial charge in [0.1, 0.15) is 24.7 Å². The summed E-state index contributed by atoms with van der Waals surface area (Å²) in [4.78, 5) is 13.7. The van der Waals surface area contributed by atoms with E-state index in [1.165, 1.54) is 17.0 Å². The fraction of sp³-hybridized carbons (Fsp3) is 0.188. The van der Waals surface area contributed by atoms with Crippen LogP contribution >= 0.6 is 0 Å². The molecule has 0 spiro atoms. The van der Waals surface area contributed by atoms with Crippen LogP contribution in [-0.2, 0) is 11.3 Å². The van der Waals surface area contributed by atoms with Crippen LogP contribution in [0.5, 0.6) is 11.5 Å². The molecule has 1 aliphatic rings. The lowest BCUT2D eigenvalue weighted by atomic mass is 10.2. The molecule has 0 bridgehead atoms. The molecule has 2 aromatic rings. The summed E-state index contributed by atoms with van der Waals surface area (Å²) in [6.45, 7) is 1.02. The third-order valence-corrected chi connectivity index (χ3v) is 3.23. The lowest BCUT2D eigenvalue weighted by molar-refractivity contribution is 0.144. The molecule has 1 aliphatic heterocycles. The van der Waals surface area contributed by atoms with Gasteiger partial charge in [-0.2, -0.15) is 0 Å². The maximum Gasteiger partial charge on any atom is 0.414 e. The number of benzene rings is 2. The van der Waals surface area contributed by atoms with Crippen molar-refractivity contribution in [2.45, 2.75) is 6.61 Å². The molecule has 0 unspecified atom stereocenters. The van der Waals surface area contributed by atoms with Gasteiger partial charge in [0, 0.05) is 6.07 Å². The number of nitrogens with zero attached hydrogens (tertiary/aromatic N) is 1. The topological polar surface area (TPSA) is 59.0 Å². The van der Waals surface area contributed by atoms with E-state index in [0.717, 1.165) is 5.56 Å². The molecule has 0 fully saturated rings. The summed E-state index contributed by atoms with van der Waals surface area (Å²) in [5, 5.41) is 9.45. The molecule has 21 heavy (non-hydrogen) atoms. The maximum atomic E-state index is 12.2. The summed E-state index contributed by atoms with van der Waals surface area (Å²) in [6, 6.07) is 14.2. The second kappa shape index (κ2) is 5.75. The summed E-state index contributed by atoms with van der Waals surface area (Å²) >= 11 is 0. The molecule has 108 valence electrons. The minimum atomic E-state index is -0.422. The van der Waals surface area contributed by atoms with Crippen molar-refractivity contribution in [3.8, 4) is 11.5 Å². The second-order valence-electron chi connectivity index (χ2n) is 4.69. The van der Waals surface area contributed by atoms with Crippen molar-refractivity contribution < 1.29 is 19.4 Å². The zero-order valence-corrected chi connectivity index (χ0v) is 11.4. The smallest absolute Gasteiger partial charge is 0.414 e. The van der Waals surface area contributed by atoms with Gasteiger partial charge >= 0.3 is 6.09 Å². The third kappa shape index (κ3) is 2.91. The molecule has 5 heteroatoms. The molecular weight excluding hydrogens is 270 g/mol. The van der Waals surface area contributed by atoms with E-state index in [9.17, 15) is 9.90 Å². The van der Waals surface area contributed by atoms with Gasteiger partial charge in [-0.25, -0.2) is 4.79 Å². The first kappa shape index (κ1) is 13.3. The highest BCUT2D eigenvalue weighted by Gasteiger charge is 2.25. The van der Waals surface area contributed by atoms with Crippen molar-refractivity contribution in [1.82, 2.24) is 0 Å². The Morgan fingerprint density at radius 3 is 2.86 bits per heavy atom. The number of carbonyl (C=O) groups excluding carboxylic acids is 1. The number of phenolic OH excluding ortho intramolecular Hbond substituents is 1. The monoisotopic (exact) mass is 285 g/mol. The zero-order valence-electron chi connectivity index (χ0n) is 11.4. The quantitative estimate of drug-likeness (QED) is 0.921. The van der Waals surface area contributed by atoms with Crippen LogP contribution in [0.15, 0.2) is 48.5 Å². The standard InChI is InChI=1S/C16H15NO4/c18-13-6-7-14-15(10-13)20-9-8-17(14)16(19)21-11-12-4-2-1-3-5-12/h1-7,10,18H,8-9,11H2. The summed E-state index contributed by atoms with van der Waals surface area (Å²) < 4.78 is 10.8. The number of aromatic hydroxyl groups is 1. The SMILES string of the molecule is O=C(OCc1ccccc1)N1CCOc2cc(O)ccc21. The van der Waals surface area contributed by atoms with Crippen molar-refractivity contribution >= 4 is 11.8 Å². The van der Waals surface area contributed by atoms with E-state index in [1.54, 1.807) is 6.07 Å². The van der Waals surface area contributed by atoms with Crippen LogP contribution in [0.3, 0.4) is 0 Å². The van der Waals surface area contributed by atoms with Gasteiger partial charge in [-0.15, -0.1) is 0 Å². The van der Waals surface area contributed by atoms with E-state index in [4.69, 9.17) is 9.47 Å². The lowest BCUT2D eigenvalue weighted by Gasteiger charge is -2.28. The highest BCUT2D eigenvalue weighted by Crippen LogP contribution is 2.34. The third-order valence-electron chi connectivity index (χ3n) is 3.23. The van der Waals surface area contributed by atoms with Gasteiger partial charge in [0.05, 0.1) is 12.2 Å².